The van der Waals surface area contributed by atoms with Gasteiger partial charge in [-0.25, -0.2) is 0 Å². The molecular formula is C6H4Cl2F3Hf. The van der Waals surface area contributed by atoms with Crippen LogP contribution in [0.4, 0.5) is 13.2 Å². The number of hydrogen-bond acceptors (Lipinski definition) is 0. The number of allylic oxidation sites excluding steroid dienone is 4. The Labute approximate surface area is 95.7 Å². The molecule has 1 aliphatic rings. The van der Waals surface area contributed by atoms with Crippen LogP contribution in [0, 0.1) is 0 Å². The molecule has 0 saturated heterocycles. The molecule has 0 aromatic rings. The second kappa shape index (κ2) is 5.45. The van der Waals surface area contributed by atoms with Crippen molar-refractivity contribution in [2.24, 2.45) is 0 Å². The summed E-state index contributed by atoms with van der Waals surface area (Å²) in [5.74, 6) is 0. The van der Waals surface area contributed by atoms with Crippen molar-refractivity contribution in [2.75, 3.05) is 0 Å². The molecule has 0 radical (unpaired) electrons. The SMILES string of the molecule is FC(F)(F)C1=[C]([Hf+2])CC=C1.[Cl-].[Cl-]. The monoisotopic (exact) mass is 383 g/mol. The van der Waals surface area contributed by atoms with Gasteiger partial charge in [0.2, 0.25) is 0 Å². The van der Waals surface area contributed by atoms with Gasteiger partial charge in [-0.1, -0.05) is 0 Å². The fourth-order valence-corrected chi connectivity index (χ4v) is 2.00. The molecule has 0 spiro atoms. The molecule has 1 aliphatic carbocycles. The summed E-state index contributed by atoms with van der Waals surface area (Å²) in [4.78, 5) is 0. The van der Waals surface area contributed by atoms with E-state index in [4.69, 9.17) is 0 Å². The van der Waals surface area contributed by atoms with E-state index in [-0.39, 0.29) is 24.8 Å². The van der Waals surface area contributed by atoms with Crippen LogP contribution >= 0.6 is 0 Å². The topological polar surface area (TPSA) is 0 Å². The van der Waals surface area contributed by atoms with E-state index in [1.54, 1.807) is 6.08 Å². The average Bonchev–Trinajstić information content (AvgIpc) is 2.11. The van der Waals surface area contributed by atoms with Crippen molar-refractivity contribution in [1.29, 1.82) is 0 Å². The summed E-state index contributed by atoms with van der Waals surface area (Å²) in [7, 11) is 0. The smallest absolute Gasteiger partial charge is 1.00 e. The minimum absolute atomic E-state index is 0. The Morgan fingerprint density at radius 1 is 1.25 bits per heavy atom. The molecule has 6 heteroatoms. The minimum atomic E-state index is -4.12. The molecule has 0 aromatic heterocycles. The summed E-state index contributed by atoms with van der Waals surface area (Å²) in [6, 6.07) is 0. The quantitative estimate of drug-likeness (QED) is 0.379. The van der Waals surface area contributed by atoms with Crippen LogP contribution in [-0.4, -0.2) is 6.18 Å². The second-order valence-electron chi connectivity index (χ2n) is 2.00. The molecule has 0 fully saturated rings. The molecule has 0 unspecified atom stereocenters. The number of alkyl halides is 3. The van der Waals surface area contributed by atoms with Crippen molar-refractivity contribution in [2.45, 2.75) is 12.6 Å². The average molecular weight is 382 g/mol. The Hall–Kier alpha value is 0.720. The first kappa shape index (κ1) is 15.2. The zero-order valence-electron chi connectivity index (χ0n) is 5.75. The van der Waals surface area contributed by atoms with Crippen LogP contribution in [0.25, 0.3) is 0 Å². The molecule has 0 atom stereocenters. The van der Waals surface area contributed by atoms with Gasteiger partial charge in [-0.2, -0.15) is 0 Å². The predicted octanol–water partition coefficient (Wildman–Crippen LogP) is -3.68. The number of halogens is 5. The molecule has 12 heavy (non-hydrogen) atoms. The summed E-state index contributed by atoms with van der Waals surface area (Å²) in [5.41, 5.74) is -0.417. The normalized spacial score (nSPS) is 15.8. The van der Waals surface area contributed by atoms with Crippen molar-refractivity contribution < 1.29 is 62.4 Å². The maximum Gasteiger partial charge on any atom is -1.00 e. The molecule has 0 N–H and O–H groups in total. The number of rotatable bonds is 0. The maximum atomic E-state index is 11.9. The van der Waals surface area contributed by atoms with E-state index in [0.29, 0.717) is 34.1 Å². The molecule has 1 rings (SSSR count). The van der Waals surface area contributed by atoms with Crippen LogP contribution in [0.15, 0.2) is 21.1 Å². The summed E-state index contributed by atoms with van der Waals surface area (Å²) in [6.07, 6.45) is -0.890. The van der Waals surface area contributed by atoms with E-state index < -0.39 is 11.7 Å². The molecule has 0 aromatic carbocycles. The summed E-state index contributed by atoms with van der Waals surface area (Å²) in [6.45, 7) is 0. The summed E-state index contributed by atoms with van der Waals surface area (Å²) in [5, 5.41) is 0. The molecule has 0 amide bonds. The summed E-state index contributed by atoms with van der Waals surface area (Å²) >= 11 is 0.514. The van der Waals surface area contributed by atoms with Crippen LogP contribution in [0.2, 0.25) is 0 Å². The largest absolute Gasteiger partial charge is 1.00 e. The maximum absolute atomic E-state index is 11.9. The first-order chi connectivity index (χ1) is 4.52. The Balaban J connectivity index is 0. The molecule has 0 nitrogen and oxygen atoms in total. The van der Waals surface area contributed by atoms with Gasteiger partial charge < -0.3 is 24.8 Å². The molecule has 67 valence electrons. The van der Waals surface area contributed by atoms with Crippen LogP contribution in [0.3, 0.4) is 0 Å². The molecule has 0 aliphatic heterocycles. The zero-order chi connectivity index (χ0) is 7.78. The third kappa shape index (κ3) is 3.62. The van der Waals surface area contributed by atoms with E-state index in [9.17, 15) is 13.2 Å². The van der Waals surface area contributed by atoms with Gasteiger partial charge in [0.1, 0.15) is 0 Å². The van der Waals surface area contributed by atoms with Crippen LogP contribution < -0.4 is 24.8 Å². The Kier molecular flexibility index (Phi) is 6.91. The van der Waals surface area contributed by atoms with E-state index in [1.807, 2.05) is 0 Å². The fourth-order valence-electron chi connectivity index (χ4n) is 0.771. The first-order valence-corrected chi connectivity index (χ1v) is 4.50. The first-order valence-electron chi connectivity index (χ1n) is 2.70. The standard InChI is InChI=1S/C6H4F3.2ClH.Hf/c7-6(8,9)5-3-1-2-4-5;;;/h1,3H,2H2;2*1H;/q;;;+2/p-2. The number of hydrogen-bond donors (Lipinski definition) is 0. The molecular weight excluding hydrogens is 378 g/mol. The van der Waals surface area contributed by atoms with Gasteiger partial charge in [-0.15, -0.1) is 0 Å². The molecule has 0 saturated carbocycles. The van der Waals surface area contributed by atoms with E-state index >= 15 is 0 Å². The predicted molar refractivity (Wildman–Crippen MR) is 26.8 cm³/mol. The van der Waals surface area contributed by atoms with Crippen LogP contribution in [-0.2, 0) is 24.4 Å². The van der Waals surface area contributed by atoms with Gasteiger partial charge in [0.25, 0.3) is 0 Å². The summed E-state index contributed by atoms with van der Waals surface area (Å²) < 4.78 is 36.3. The molecule has 0 bridgehead atoms. The van der Waals surface area contributed by atoms with E-state index in [1.165, 1.54) is 6.08 Å². The van der Waals surface area contributed by atoms with Gasteiger partial charge in [-0.05, 0) is 0 Å². The third-order valence-electron chi connectivity index (χ3n) is 1.24. The van der Waals surface area contributed by atoms with Gasteiger partial charge in [-0.3, -0.25) is 0 Å². The van der Waals surface area contributed by atoms with E-state index in [0.717, 1.165) is 0 Å². The Bertz CT molecular complexity index is 207. The van der Waals surface area contributed by atoms with Crippen molar-refractivity contribution in [3.63, 3.8) is 0 Å². The molecule has 0 heterocycles. The van der Waals surface area contributed by atoms with Crippen molar-refractivity contribution in [1.82, 2.24) is 0 Å². The van der Waals surface area contributed by atoms with E-state index in [2.05, 4.69) is 0 Å². The fraction of sp³-hybridized carbons (Fsp3) is 0.333. The van der Waals surface area contributed by atoms with Crippen LogP contribution in [0.1, 0.15) is 6.42 Å². The van der Waals surface area contributed by atoms with Crippen molar-refractivity contribution in [3.05, 3.63) is 21.1 Å². The zero-order valence-corrected chi connectivity index (χ0v) is 10.9. The second-order valence-corrected chi connectivity index (χ2v) is 4.16. The third-order valence-corrected chi connectivity index (χ3v) is 2.94. The van der Waals surface area contributed by atoms with Gasteiger partial charge in [0.15, 0.2) is 0 Å². The van der Waals surface area contributed by atoms with Gasteiger partial charge in [0, 0.05) is 0 Å². The van der Waals surface area contributed by atoms with Crippen molar-refractivity contribution >= 4 is 0 Å². The Morgan fingerprint density at radius 2 is 1.75 bits per heavy atom. The van der Waals surface area contributed by atoms with Gasteiger partial charge in [0.05, 0.1) is 0 Å². The van der Waals surface area contributed by atoms with Crippen LogP contribution in [0.5, 0.6) is 0 Å². The minimum Gasteiger partial charge on any atom is -1.00 e. The van der Waals surface area contributed by atoms with Crippen molar-refractivity contribution in [3.8, 4) is 0 Å². The van der Waals surface area contributed by atoms with Gasteiger partial charge >= 0.3 is 71.2 Å². The Morgan fingerprint density at radius 3 is 1.92 bits per heavy atom.